The van der Waals surface area contributed by atoms with Gasteiger partial charge >= 0.3 is 0 Å². The van der Waals surface area contributed by atoms with Gasteiger partial charge in [-0.25, -0.2) is 4.39 Å². The summed E-state index contributed by atoms with van der Waals surface area (Å²) in [7, 11) is 0. The molecule has 31 valence electrons. The molecule has 0 fully saturated rings. The topological polar surface area (TPSA) is 0 Å². The lowest BCUT2D eigenvalue weighted by atomic mass is 10.9. The van der Waals surface area contributed by atoms with E-state index < -0.39 is 5.08 Å². The van der Waals surface area contributed by atoms with Gasteiger partial charge in [0.25, 0.3) is 0 Å². The van der Waals surface area contributed by atoms with Crippen LogP contribution < -0.4 is 0 Å². The van der Waals surface area contributed by atoms with Crippen molar-refractivity contribution in [2.45, 2.75) is 0 Å². The fourth-order valence-corrected chi connectivity index (χ4v) is 0. The Hall–Kier alpha value is 0.700. The minimum Gasteiger partial charge on any atom is -0.225 e. The first-order chi connectivity index (χ1) is 2.27. The van der Waals surface area contributed by atoms with Gasteiger partial charge in [-0.15, -0.1) is 11.6 Å². The summed E-state index contributed by atoms with van der Waals surface area (Å²) in [4.78, 5) is 0. The Labute approximate surface area is 43.4 Å². The molecule has 1 radical (unpaired) electrons. The van der Waals surface area contributed by atoms with Crippen molar-refractivity contribution in [3.63, 3.8) is 0 Å². The Morgan fingerprint density at radius 3 is 2.20 bits per heavy atom. The standard InChI is InChI=1S/C2H2BrClF/c3-2(5)1-4/h1H2. The zero-order valence-electron chi connectivity index (χ0n) is 2.34. The quantitative estimate of drug-likeness (QED) is 0.515. The molecule has 0 atom stereocenters. The van der Waals surface area contributed by atoms with Gasteiger partial charge in [0.1, 0.15) is 0 Å². The first-order valence-electron chi connectivity index (χ1n) is 0.999. The van der Waals surface area contributed by atoms with Crippen molar-refractivity contribution in [1.29, 1.82) is 0 Å². The highest BCUT2D eigenvalue weighted by molar-refractivity contribution is 9.11. The first kappa shape index (κ1) is 5.70. The van der Waals surface area contributed by atoms with Crippen LogP contribution in [0.15, 0.2) is 0 Å². The van der Waals surface area contributed by atoms with Crippen LogP contribution in [0.4, 0.5) is 4.39 Å². The SMILES string of the molecule is F[C](Br)CCl. The fourth-order valence-electron chi connectivity index (χ4n) is 0. The molecule has 0 spiro atoms. The van der Waals surface area contributed by atoms with Crippen LogP contribution in [-0.4, -0.2) is 5.88 Å². The van der Waals surface area contributed by atoms with Gasteiger partial charge in [0, 0.05) is 0 Å². The Bertz CT molecular complexity index is 23.6. The van der Waals surface area contributed by atoms with Gasteiger partial charge in [-0.2, -0.15) is 0 Å². The highest BCUT2D eigenvalue weighted by Crippen LogP contribution is 2.10. The molecule has 0 nitrogen and oxygen atoms in total. The molecule has 5 heavy (non-hydrogen) atoms. The molecular formula is C2H2BrClF. The van der Waals surface area contributed by atoms with Crippen molar-refractivity contribution >= 4 is 27.5 Å². The van der Waals surface area contributed by atoms with Crippen molar-refractivity contribution in [1.82, 2.24) is 0 Å². The molecule has 0 aliphatic heterocycles. The maximum Gasteiger partial charge on any atom is 0.223 e. The van der Waals surface area contributed by atoms with E-state index in [1.54, 1.807) is 0 Å². The zero-order valence-corrected chi connectivity index (χ0v) is 4.68. The van der Waals surface area contributed by atoms with Crippen LogP contribution in [0.2, 0.25) is 0 Å². The normalized spacial score (nSPS) is 9.60. The second-order valence-corrected chi connectivity index (χ2v) is 1.60. The molecule has 0 aromatic rings. The summed E-state index contributed by atoms with van der Waals surface area (Å²) in [5.74, 6) is -0.0556. The number of rotatable bonds is 1. The number of halogens is 3. The third-order valence-corrected chi connectivity index (χ3v) is 0.939. The van der Waals surface area contributed by atoms with Crippen LogP contribution in [0.3, 0.4) is 0 Å². The Balaban J connectivity index is 2.54. The smallest absolute Gasteiger partial charge is 0.223 e. The van der Waals surface area contributed by atoms with E-state index in [9.17, 15) is 4.39 Å². The maximum atomic E-state index is 11.1. The lowest BCUT2D eigenvalue weighted by Crippen LogP contribution is -1.70. The Morgan fingerprint density at radius 1 is 2.00 bits per heavy atom. The number of hydrogen-bond acceptors (Lipinski definition) is 0. The highest BCUT2D eigenvalue weighted by atomic mass is 79.9. The van der Waals surface area contributed by atoms with Crippen LogP contribution in [0, 0.1) is 5.08 Å². The average molecular weight is 160 g/mol. The third kappa shape index (κ3) is 4.70. The predicted octanol–water partition coefficient (Wildman–Crippen LogP) is 2.08. The van der Waals surface area contributed by atoms with Gasteiger partial charge in [-0.3, -0.25) is 0 Å². The van der Waals surface area contributed by atoms with Crippen LogP contribution in [0.1, 0.15) is 0 Å². The summed E-state index contributed by atoms with van der Waals surface area (Å²) in [5.41, 5.74) is 0. The molecule has 3 heteroatoms. The molecule has 0 heterocycles. The first-order valence-corrected chi connectivity index (χ1v) is 2.33. The van der Waals surface area contributed by atoms with E-state index >= 15 is 0 Å². The number of hydrogen-bond donors (Lipinski definition) is 0. The van der Waals surface area contributed by atoms with Gasteiger partial charge in [0.15, 0.2) is 0 Å². The predicted molar refractivity (Wildman–Crippen MR) is 24.0 cm³/mol. The lowest BCUT2D eigenvalue weighted by Gasteiger charge is -1.79. The van der Waals surface area contributed by atoms with Crippen LogP contribution in [0.25, 0.3) is 0 Å². The molecular weight excluding hydrogens is 158 g/mol. The van der Waals surface area contributed by atoms with Crippen molar-refractivity contribution in [3.05, 3.63) is 5.08 Å². The molecule has 0 aliphatic rings. The van der Waals surface area contributed by atoms with Gasteiger partial charge in [-0.05, 0) is 15.9 Å². The van der Waals surface area contributed by atoms with E-state index in [1.165, 1.54) is 0 Å². The monoisotopic (exact) mass is 159 g/mol. The molecule has 0 saturated carbocycles. The van der Waals surface area contributed by atoms with E-state index in [1.807, 2.05) is 0 Å². The summed E-state index contributed by atoms with van der Waals surface area (Å²) in [6.45, 7) is 0. The third-order valence-electron chi connectivity index (χ3n) is 0.101. The molecule has 0 rings (SSSR count). The Morgan fingerprint density at radius 2 is 2.20 bits per heavy atom. The van der Waals surface area contributed by atoms with Crippen LogP contribution in [0.5, 0.6) is 0 Å². The molecule has 0 N–H and O–H groups in total. The summed E-state index contributed by atoms with van der Waals surface area (Å²) >= 11 is 7.37. The molecule has 0 saturated heterocycles. The van der Waals surface area contributed by atoms with Crippen LogP contribution in [-0.2, 0) is 0 Å². The van der Waals surface area contributed by atoms with E-state index in [0.29, 0.717) is 0 Å². The highest BCUT2D eigenvalue weighted by Gasteiger charge is 1.93. The van der Waals surface area contributed by atoms with E-state index in [4.69, 9.17) is 11.6 Å². The van der Waals surface area contributed by atoms with Crippen molar-refractivity contribution in [2.24, 2.45) is 0 Å². The van der Waals surface area contributed by atoms with Crippen LogP contribution >= 0.6 is 27.5 Å². The van der Waals surface area contributed by atoms with Gasteiger partial charge in [0.2, 0.25) is 5.08 Å². The van der Waals surface area contributed by atoms with E-state index in [2.05, 4.69) is 15.9 Å². The lowest BCUT2D eigenvalue weighted by molar-refractivity contribution is 0.609. The van der Waals surface area contributed by atoms with Crippen molar-refractivity contribution in [2.75, 3.05) is 5.88 Å². The molecule has 0 aromatic heterocycles. The second kappa shape index (κ2) is 2.91. The number of alkyl halides is 1. The summed E-state index contributed by atoms with van der Waals surface area (Å²) in [5, 5.41) is -0.417. The zero-order chi connectivity index (χ0) is 4.28. The van der Waals surface area contributed by atoms with E-state index in [0.717, 1.165) is 0 Å². The molecule has 0 bridgehead atoms. The summed E-state index contributed by atoms with van der Waals surface area (Å²) in [6, 6.07) is 0. The van der Waals surface area contributed by atoms with Gasteiger partial charge in [0.05, 0.1) is 5.88 Å². The van der Waals surface area contributed by atoms with E-state index in [-0.39, 0.29) is 5.88 Å². The molecule has 0 aliphatic carbocycles. The minimum atomic E-state index is -0.417. The van der Waals surface area contributed by atoms with Crippen molar-refractivity contribution in [3.8, 4) is 0 Å². The van der Waals surface area contributed by atoms with Gasteiger partial charge < -0.3 is 0 Å². The van der Waals surface area contributed by atoms with Crippen molar-refractivity contribution < 1.29 is 4.39 Å². The summed E-state index contributed by atoms with van der Waals surface area (Å²) in [6.07, 6.45) is 0. The largest absolute Gasteiger partial charge is 0.225 e. The fraction of sp³-hybridized carbons (Fsp3) is 0.500. The molecule has 0 aromatic carbocycles. The molecule has 0 unspecified atom stereocenters. The maximum absolute atomic E-state index is 11.1. The average Bonchev–Trinajstić information content (AvgIpc) is 1.38. The molecule has 0 amide bonds. The summed E-state index contributed by atoms with van der Waals surface area (Å²) < 4.78 is 11.1. The Kier molecular flexibility index (Phi) is 3.32. The second-order valence-electron chi connectivity index (χ2n) is 0.472. The van der Waals surface area contributed by atoms with Gasteiger partial charge in [-0.1, -0.05) is 0 Å². The minimum absolute atomic E-state index is 0.0556.